The van der Waals surface area contributed by atoms with Crippen LogP contribution in [0, 0.1) is 5.92 Å². The van der Waals surface area contributed by atoms with Crippen molar-refractivity contribution in [2.45, 2.75) is 181 Å². The fraction of sp³-hybridized carbons (Fsp3) is 0.935. The second kappa shape index (κ2) is 31.0. The van der Waals surface area contributed by atoms with Crippen molar-refractivity contribution >= 4 is 11.9 Å². The van der Waals surface area contributed by atoms with E-state index in [-0.39, 0.29) is 0 Å². The summed E-state index contributed by atoms with van der Waals surface area (Å²) < 4.78 is 0. The van der Waals surface area contributed by atoms with Gasteiger partial charge in [0.25, 0.3) is 0 Å². The van der Waals surface area contributed by atoms with E-state index >= 15 is 0 Å². The lowest BCUT2D eigenvalue weighted by molar-refractivity contribution is -0.138. The molecule has 0 amide bonds. The predicted octanol–water partition coefficient (Wildman–Crippen LogP) is 10.6. The molecular weight excluding hydrogens is 436 g/mol. The van der Waals surface area contributed by atoms with Gasteiger partial charge in [0.2, 0.25) is 0 Å². The topological polar surface area (TPSA) is 74.6 Å². The smallest absolute Gasteiger partial charge is 0.303 e. The highest BCUT2D eigenvalue weighted by Crippen LogP contribution is 2.14. The van der Waals surface area contributed by atoms with Gasteiger partial charge in [0.15, 0.2) is 0 Å². The molecule has 0 heterocycles. The van der Waals surface area contributed by atoms with Crippen LogP contribution in [-0.2, 0) is 9.59 Å². The van der Waals surface area contributed by atoms with Gasteiger partial charge in [-0.3, -0.25) is 9.59 Å². The van der Waals surface area contributed by atoms with E-state index < -0.39 is 11.9 Å². The van der Waals surface area contributed by atoms with Crippen molar-refractivity contribution in [1.29, 1.82) is 0 Å². The largest absolute Gasteiger partial charge is 0.481 e. The number of rotatable bonds is 26. The van der Waals surface area contributed by atoms with Crippen LogP contribution in [0.3, 0.4) is 0 Å². The summed E-state index contributed by atoms with van der Waals surface area (Å²) in [6.45, 7) is 6.81. The Hall–Kier alpha value is -1.06. The van der Waals surface area contributed by atoms with Gasteiger partial charge >= 0.3 is 11.9 Å². The third-order valence-corrected chi connectivity index (χ3v) is 6.67. The van der Waals surface area contributed by atoms with Gasteiger partial charge in [0.1, 0.15) is 0 Å². The van der Waals surface area contributed by atoms with Gasteiger partial charge in [-0.05, 0) is 18.8 Å². The average Bonchev–Trinajstić information content (AvgIpc) is 2.80. The Balaban J connectivity index is 0. The van der Waals surface area contributed by atoms with Crippen LogP contribution in [0.5, 0.6) is 0 Å². The second-order valence-electron chi connectivity index (χ2n) is 10.9. The van der Waals surface area contributed by atoms with Crippen molar-refractivity contribution in [2.75, 3.05) is 0 Å². The van der Waals surface area contributed by atoms with E-state index in [1.165, 1.54) is 122 Å². The first-order valence-electron chi connectivity index (χ1n) is 15.3. The van der Waals surface area contributed by atoms with E-state index in [0.717, 1.165) is 31.6 Å². The minimum atomic E-state index is -0.660. The lowest BCUT2D eigenvalue weighted by Crippen LogP contribution is -1.93. The molecule has 4 nitrogen and oxygen atoms in total. The monoisotopic (exact) mass is 498 g/mol. The molecule has 2 N–H and O–H groups in total. The van der Waals surface area contributed by atoms with Gasteiger partial charge in [-0.15, -0.1) is 0 Å². The zero-order valence-corrected chi connectivity index (χ0v) is 24.0. The minimum Gasteiger partial charge on any atom is -0.481 e. The molecule has 0 fully saturated rings. The standard InChI is InChI=1S/C18H36O2.C13H26O2/c1-2-3-4-5-6-7-8-9-10-11-12-13-14-15-16-17-18(19)20;1-12(2)10-8-6-4-3-5-7-9-11-13(14)15/h2-17H2,1H3,(H,19,20);12H,3-11H2,1-2H3,(H,14,15). The Morgan fingerprint density at radius 1 is 0.457 bits per heavy atom. The number of hydrogen-bond donors (Lipinski definition) is 2. The maximum absolute atomic E-state index is 10.3. The average molecular weight is 499 g/mol. The maximum Gasteiger partial charge on any atom is 0.303 e. The van der Waals surface area contributed by atoms with Gasteiger partial charge in [-0.2, -0.15) is 0 Å². The van der Waals surface area contributed by atoms with Crippen molar-refractivity contribution in [1.82, 2.24) is 0 Å². The summed E-state index contributed by atoms with van der Waals surface area (Å²) >= 11 is 0. The second-order valence-corrected chi connectivity index (χ2v) is 10.9. The van der Waals surface area contributed by atoms with Crippen molar-refractivity contribution in [3.05, 3.63) is 0 Å². The molecule has 210 valence electrons. The molecule has 0 rings (SSSR count). The third kappa shape index (κ3) is 40.4. The van der Waals surface area contributed by atoms with Crippen molar-refractivity contribution in [2.24, 2.45) is 5.92 Å². The molecule has 0 aromatic carbocycles. The number of hydrogen-bond acceptors (Lipinski definition) is 2. The fourth-order valence-corrected chi connectivity index (χ4v) is 4.36. The molecular formula is C31H62O4. The van der Waals surface area contributed by atoms with Crippen LogP contribution in [-0.4, -0.2) is 22.2 Å². The molecule has 0 unspecified atom stereocenters. The molecule has 0 aromatic rings. The predicted molar refractivity (Wildman–Crippen MR) is 151 cm³/mol. The number of aliphatic carboxylic acids is 2. The maximum atomic E-state index is 10.3. The van der Waals surface area contributed by atoms with E-state index in [0.29, 0.717) is 12.8 Å². The fourth-order valence-electron chi connectivity index (χ4n) is 4.36. The van der Waals surface area contributed by atoms with E-state index in [4.69, 9.17) is 10.2 Å². The summed E-state index contributed by atoms with van der Waals surface area (Å²) in [4.78, 5) is 20.6. The highest BCUT2D eigenvalue weighted by molar-refractivity contribution is 5.66. The van der Waals surface area contributed by atoms with Crippen molar-refractivity contribution in [3.63, 3.8) is 0 Å². The molecule has 0 spiro atoms. The van der Waals surface area contributed by atoms with Crippen LogP contribution in [0.1, 0.15) is 181 Å². The van der Waals surface area contributed by atoms with Gasteiger partial charge in [0, 0.05) is 12.8 Å². The number of carboxylic acids is 2. The Morgan fingerprint density at radius 2 is 0.714 bits per heavy atom. The molecule has 0 aromatic heterocycles. The highest BCUT2D eigenvalue weighted by Gasteiger charge is 1.98. The number of carbonyl (C=O) groups is 2. The van der Waals surface area contributed by atoms with Crippen molar-refractivity contribution in [3.8, 4) is 0 Å². The van der Waals surface area contributed by atoms with E-state index in [2.05, 4.69) is 20.8 Å². The summed E-state index contributed by atoms with van der Waals surface area (Å²) in [7, 11) is 0. The Morgan fingerprint density at radius 3 is 0.971 bits per heavy atom. The number of unbranched alkanes of at least 4 members (excludes halogenated alkanes) is 20. The first-order valence-corrected chi connectivity index (χ1v) is 15.3. The van der Waals surface area contributed by atoms with E-state index in [9.17, 15) is 9.59 Å². The SMILES string of the molecule is CC(C)CCCCCCCCCC(=O)O.CCCCCCCCCCCCCCCCCC(=O)O. The Labute approximate surface area is 219 Å². The summed E-state index contributed by atoms with van der Waals surface area (Å²) in [5, 5.41) is 17.0. The summed E-state index contributed by atoms with van der Waals surface area (Å²) in [6.07, 6.45) is 30.3. The zero-order valence-electron chi connectivity index (χ0n) is 24.0. The molecule has 0 saturated heterocycles. The lowest BCUT2D eigenvalue weighted by atomic mass is 10.0. The van der Waals surface area contributed by atoms with Gasteiger partial charge < -0.3 is 10.2 Å². The lowest BCUT2D eigenvalue weighted by Gasteiger charge is -2.04. The molecule has 0 aliphatic carbocycles. The van der Waals surface area contributed by atoms with Gasteiger partial charge in [0.05, 0.1) is 0 Å². The van der Waals surface area contributed by atoms with Crippen LogP contribution >= 0.6 is 0 Å². The summed E-state index contributed by atoms with van der Waals surface area (Å²) in [5.74, 6) is -0.479. The van der Waals surface area contributed by atoms with Crippen LogP contribution in [0.2, 0.25) is 0 Å². The van der Waals surface area contributed by atoms with Crippen LogP contribution in [0.4, 0.5) is 0 Å². The summed E-state index contributed by atoms with van der Waals surface area (Å²) in [6, 6.07) is 0. The molecule has 0 saturated carbocycles. The van der Waals surface area contributed by atoms with Crippen LogP contribution in [0.15, 0.2) is 0 Å². The molecule has 4 heteroatoms. The van der Waals surface area contributed by atoms with E-state index in [1.807, 2.05) is 0 Å². The first kappa shape index (κ1) is 36.1. The van der Waals surface area contributed by atoms with Gasteiger partial charge in [-0.25, -0.2) is 0 Å². The molecule has 35 heavy (non-hydrogen) atoms. The highest BCUT2D eigenvalue weighted by atomic mass is 16.4. The first-order chi connectivity index (χ1) is 16.9. The van der Waals surface area contributed by atoms with Crippen molar-refractivity contribution < 1.29 is 19.8 Å². The quantitative estimate of drug-likeness (QED) is 0.116. The van der Waals surface area contributed by atoms with E-state index in [1.54, 1.807) is 0 Å². The third-order valence-electron chi connectivity index (χ3n) is 6.67. The Bertz CT molecular complexity index is 434. The normalized spacial score (nSPS) is 10.9. The summed E-state index contributed by atoms with van der Waals surface area (Å²) in [5.41, 5.74) is 0. The molecule has 0 aliphatic rings. The molecule has 0 radical (unpaired) electrons. The minimum absolute atomic E-state index is 0.341. The molecule has 0 bridgehead atoms. The molecule has 0 atom stereocenters. The van der Waals surface area contributed by atoms with Crippen LogP contribution in [0.25, 0.3) is 0 Å². The molecule has 0 aliphatic heterocycles. The zero-order chi connectivity index (χ0) is 26.4. The number of carboxylic acid groups (broad SMARTS) is 2. The van der Waals surface area contributed by atoms with Gasteiger partial charge in [-0.1, -0.05) is 156 Å². The van der Waals surface area contributed by atoms with Crippen LogP contribution < -0.4 is 0 Å². The Kier molecular flexibility index (Phi) is 31.9.